The molecule has 0 spiro atoms. The SMILES string of the molecule is NC(=O)c1ccccc1OCC(=O)N/N=C/c1cc([N+](=O)[O-])ccc1O. The van der Waals surface area contributed by atoms with Gasteiger partial charge in [0.25, 0.3) is 17.5 Å². The van der Waals surface area contributed by atoms with E-state index in [0.29, 0.717) is 0 Å². The molecule has 0 aliphatic heterocycles. The second-order valence-electron chi connectivity index (χ2n) is 4.94. The van der Waals surface area contributed by atoms with Crippen LogP contribution in [0.25, 0.3) is 0 Å². The van der Waals surface area contributed by atoms with Gasteiger partial charge in [0.05, 0.1) is 16.7 Å². The lowest BCUT2D eigenvalue weighted by molar-refractivity contribution is -0.384. The van der Waals surface area contributed by atoms with E-state index in [1.807, 2.05) is 0 Å². The number of amides is 2. The highest BCUT2D eigenvalue weighted by Gasteiger charge is 2.11. The minimum atomic E-state index is -0.694. The van der Waals surface area contributed by atoms with E-state index in [-0.39, 0.29) is 28.3 Å². The van der Waals surface area contributed by atoms with Crippen molar-refractivity contribution in [1.29, 1.82) is 0 Å². The van der Waals surface area contributed by atoms with Crippen LogP contribution in [0.4, 0.5) is 5.69 Å². The van der Waals surface area contributed by atoms with Gasteiger partial charge in [0.1, 0.15) is 11.5 Å². The van der Waals surface area contributed by atoms with Crippen molar-refractivity contribution in [2.24, 2.45) is 10.8 Å². The number of nitrogens with one attached hydrogen (secondary N) is 1. The summed E-state index contributed by atoms with van der Waals surface area (Å²) in [6.07, 6.45) is 1.05. The lowest BCUT2D eigenvalue weighted by Crippen LogP contribution is -2.25. The average Bonchev–Trinajstić information content (AvgIpc) is 2.61. The first-order chi connectivity index (χ1) is 12.4. The molecule has 2 aromatic rings. The summed E-state index contributed by atoms with van der Waals surface area (Å²) in [5.74, 6) is -1.43. The first kappa shape index (κ1) is 18.4. The third-order valence-electron chi connectivity index (χ3n) is 3.13. The molecule has 0 saturated heterocycles. The molecule has 0 fully saturated rings. The summed E-state index contributed by atoms with van der Waals surface area (Å²) in [5.41, 5.74) is 7.28. The largest absolute Gasteiger partial charge is 0.507 e. The number of benzene rings is 2. The summed E-state index contributed by atoms with van der Waals surface area (Å²) in [5, 5.41) is 23.9. The van der Waals surface area contributed by atoms with Crippen LogP contribution in [0.2, 0.25) is 0 Å². The fourth-order valence-corrected chi connectivity index (χ4v) is 1.90. The fraction of sp³-hybridized carbons (Fsp3) is 0.0625. The summed E-state index contributed by atoms with van der Waals surface area (Å²) in [7, 11) is 0. The molecule has 0 aromatic heterocycles. The number of rotatable bonds is 7. The lowest BCUT2D eigenvalue weighted by Gasteiger charge is -2.08. The summed E-state index contributed by atoms with van der Waals surface area (Å²) in [6.45, 7) is -0.442. The number of nitro groups is 1. The number of hydrogen-bond acceptors (Lipinski definition) is 7. The van der Waals surface area contributed by atoms with Gasteiger partial charge in [0.2, 0.25) is 0 Å². The molecule has 2 amide bonds. The van der Waals surface area contributed by atoms with E-state index in [4.69, 9.17) is 10.5 Å². The molecule has 2 rings (SSSR count). The molecular formula is C16H14N4O6. The van der Waals surface area contributed by atoms with Crippen LogP contribution in [0.3, 0.4) is 0 Å². The van der Waals surface area contributed by atoms with Crippen molar-refractivity contribution in [1.82, 2.24) is 5.43 Å². The van der Waals surface area contributed by atoms with Gasteiger partial charge in [-0.2, -0.15) is 5.10 Å². The Labute approximate surface area is 147 Å². The van der Waals surface area contributed by atoms with E-state index in [0.717, 1.165) is 24.4 Å². The summed E-state index contributed by atoms with van der Waals surface area (Å²) >= 11 is 0. The first-order valence-electron chi connectivity index (χ1n) is 7.19. The van der Waals surface area contributed by atoms with E-state index < -0.39 is 23.3 Å². The molecule has 26 heavy (non-hydrogen) atoms. The monoisotopic (exact) mass is 358 g/mol. The molecule has 10 nitrogen and oxygen atoms in total. The smallest absolute Gasteiger partial charge is 0.277 e. The minimum absolute atomic E-state index is 0.0551. The first-order valence-corrected chi connectivity index (χ1v) is 7.19. The van der Waals surface area contributed by atoms with E-state index in [1.165, 1.54) is 12.1 Å². The maximum atomic E-state index is 11.7. The molecule has 0 aliphatic rings. The predicted octanol–water partition coefficient (Wildman–Crippen LogP) is 0.928. The van der Waals surface area contributed by atoms with E-state index in [1.54, 1.807) is 12.1 Å². The van der Waals surface area contributed by atoms with E-state index in [9.17, 15) is 24.8 Å². The quantitative estimate of drug-likeness (QED) is 0.379. The number of nitrogens with two attached hydrogens (primary N) is 1. The number of carbonyl (C=O) groups is 2. The highest BCUT2D eigenvalue weighted by Crippen LogP contribution is 2.21. The third kappa shape index (κ3) is 4.77. The topological polar surface area (TPSA) is 157 Å². The highest BCUT2D eigenvalue weighted by atomic mass is 16.6. The number of non-ortho nitro benzene ring substituents is 1. The molecule has 0 aliphatic carbocycles. The van der Waals surface area contributed by atoms with Crippen molar-refractivity contribution in [3.63, 3.8) is 0 Å². The van der Waals surface area contributed by atoms with Gasteiger partial charge in [0, 0.05) is 17.7 Å². The van der Waals surface area contributed by atoms with E-state index in [2.05, 4.69) is 10.5 Å². The van der Waals surface area contributed by atoms with Crippen LogP contribution in [-0.4, -0.2) is 34.7 Å². The normalized spacial score (nSPS) is 10.5. The summed E-state index contributed by atoms with van der Waals surface area (Å²) < 4.78 is 5.21. The number of aromatic hydroxyl groups is 1. The van der Waals surface area contributed by atoms with Gasteiger partial charge in [0.15, 0.2) is 6.61 Å². The van der Waals surface area contributed by atoms with Crippen LogP contribution in [0, 0.1) is 10.1 Å². The second kappa shape index (κ2) is 8.24. The fourth-order valence-electron chi connectivity index (χ4n) is 1.90. The van der Waals surface area contributed by atoms with Gasteiger partial charge in [-0.1, -0.05) is 12.1 Å². The highest BCUT2D eigenvalue weighted by molar-refractivity contribution is 5.95. The molecule has 0 heterocycles. The summed E-state index contributed by atoms with van der Waals surface area (Å²) in [6, 6.07) is 9.54. The number of phenols is 1. The number of hydrogen-bond donors (Lipinski definition) is 3. The van der Waals surface area contributed by atoms with Crippen LogP contribution in [0.5, 0.6) is 11.5 Å². The Morgan fingerprint density at radius 1 is 1.31 bits per heavy atom. The Morgan fingerprint density at radius 2 is 2.04 bits per heavy atom. The molecular weight excluding hydrogens is 344 g/mol. The van der Waals surface area contributed by atoms with Gasteiger partial charge in [-0.05, 0) is 18.2 Å². The minimum Gasteiger partial charge on any atom is -0.507 e. The van der Waals surface area contributed by atoms with Crippen molar-refractivity contribution in [3.05, 3.63) is 63.7 Å². The molecule has 2 aromatic carbocycles. The van der Waals surface area contributed by atoms with E-state index >= 15 is 0 Å². The second-order valence-corrected chi connectivity index (χ2v) is 4.94. The van der Waals surface area contributed by atoms with Crippen molar-refractivity contribution in [2.75, 3.05) is 6.61 Å². The van der Waals surface area contributed by atoms with Gasteiger partial charge >= 0.3 is 0 Å². The Kier molecular flexibility index (Phi) is 5.83. The molecule has 4 N–H and O–H groups in total. The zero-order valence-corrected chi connectivity index (χ0v) is 13.3. The number of carbonyl (C=O) groups excluding carboxylic acids is 2. The Morgan fingerprint density at radius 3 is 2.73 bits per heavy atom. The molecule has 0 radical (unpaired) electrons. The zero-order valence-electron chi connectivity index (χ0n) is 13.3. The van der Waals surface area contributed by atoms with Crippen molar-refractivity contribution in [3.8, 4) is 11.5 Å². The Balaban J connectivity index is 1.95. The number of phenolic OH excluding ortho intramolecular Hbond substituents is 1. The number of ether oxygens (including phenoxy) is 1. The molecule has 0 saturated carbocycles. The van der Waals surface area contributed by atoms with Gasteiger partial charge in [-0.25, -0.2) is 5.43 Å². The zero-order chi connectivity index (χ0) is 19.1. The van der Waals surface area contributed by atoms with Crippen LogP contribution in [0.1, 0.15) is 15.9 Å². The Hall–Kier alpha value is -3.95. The van der Waals surface area contributed by atoms with Crippen molar-refractivity contribution < 1.29 is 24.4 Å². The van der Waals surface area contributed by atoms with Crippen LogP contribution < -0.4 is 15.9 Å². The number of primary amides is 1. The van der Waals surface area contributed by atoms with Crippen LogP contribution in [0.15, 0.2) is 47.6 Å². The van der Waals surface area contributed by atoms with Crippen LogP contribution >= 0.6 is 0 Å². The van der Waals surface area contributed by atoms with Gasteiger partial charge < -0.3 is 15.6 Å². The molecule has 0 unspecified atom stereocenters. The average molecular weight is 358 g/mol. The van der Waals surface area contributed by atoms with Crippen LogP contribution in [-0.2, 0) is 4.79 Å². The maximum absolute atomic E-state index is 11.7. The maximum Gasteiger partial charge on any atom is 0.277 e. The third-order valence-corrected chi connectivity index (χ3v) is 3.13. The number of hydrazone groups is 1. The number of para-hydroxylation sites is 1. The standard InChI is InChI=1S/C16H14N4O6/c17-16(23)12-3-1-2-4-14(12)26-9-15(22)19-18-8-10-7-11(20(24)25)5-6-13(10)21/h1-8,21H,9H2,(H2,17,23)(H,19,22)/b18-8+. The number of nitro benzene ring substituents is 1. The van der Waals surface area contributed by atoms with Crippen molar-refractivity contribution >= 4 is 23.7 Å². The van der Waals surface area contributed by atoms with Gasteiger partial charge in [-0.15, -0.1) is 0 Å². The van der Waals surface area contributed by atoms with Gasteiger partial charge in [-0.3, -0.25) is 19.7 Å². The predicted molar refractivity (Wildman–Crippen MR) is 91.0 cm³/mol. The molecule has 134 valence electrons. The number of nitrogens with zero attached hydrogens (tertiary/aromatic N) is 2. The van der Waals surface area contributed by atoms with Crippen molar-refractivity contribution in [2.45, 2.75) is 0 Å². The molecule has 0 bridgehead atoms. The Bertz CT molecular complexity index is 881. The summed E-state index contributed by atoms with van der Waals surface area (Å²) in [4.78, 5) is 33.0. The molecule has 10 heteroatoms. The lowest BCUT2D eigenvalue weighted by atomic mass is 10.2. The molecule has 0 atom stereocenters.